The van der Waals surface area contributed by atoms with E-state index in [2.05, 4.69) is 25.9 Å². The van der Waals surface area contributed by atoms with Crippen molar-refractivity contribution < 1.29 is 4.79 Å². The molecule has 0 aliphatic heterocycles. The third-order valence-corrected chi connectivity index (χ3v) is 2.27. The lowest BCUT2D eigenvalue weighted by Crippen LogP contribution is -1.89. The number of hydrogen-bond acceptors (Lipinski definition) is 2. The lowest BCUT2D eigenvalue weighted by molar-refractivity contribution is 0.108. The molecule has 1 heterocycles. The van der Waals surface area contributed by atoms with E-state index in [1.807, 2.05) is 6.07 Å². The highest BCUT2D eigenvalue weighted by Crippen LogP contribution is 2.20. The number of benzene rings is 1. The van der Waals surface area contributed by atoms with Crippen molar-refractivity contribution in [1.82, 2.24) is 9.97 Å². The van der Waals surface area contributed by atoms with Crippen LogP contribution in [0.15, 0.2) is 22.9 Å². The molecule has 1 N–H and O–H groups in total. The molecule has 2 rings (SSSR count). The molecule has 1 aromatic heterocycles. The number of halogens is 2. The first-order chi connectivity index (χ1) is 6.18. The van der Waals surface area contributed by atoms with E-state index in [-0.39, 0.29) is 0 Å². The molecule has 13 heavy (non-hydrogen) atoms. The Morgan fingerprint density at radius 3 is 3.00 bits per heavy atom. The molecule has 0 atom stereocenters. The number of aromatic nitrogens is 2. The number of hydrogen-bond donors (Lipinski definition) is 1. The quantitative estimate of drug-likeness (QED) is 0.800. The monoisotopic (exact) mass is 258 g/mol. The second kappa shape index (κ2) is 3.12. The Labute approximate surface area is 87.2 Å². The topological polar surface area (TPSA) is 45.8 Å². The van der Waals surface area contributed by atoms with Gasteiger partial charge in [-0.2, -0.15) is 0 Å². The van der Waals surface area contributed by atoms with Crippen LogP contribution in [0.25, 0.3) is 11.0 Å². The van der Waals surface area contributed by atoms with Crippen LogP contribution in [0.2, 0.25) is 0 Å². The average molecular weight is 259 g/mol. The summed E-state index contributed by atoms with van der Waals surface area (Å²) < 4.78 is 0.591. The maximum atomic E-state index is 11.0. The van der Waals surface area contributed by atoms with Crippen LogP contribution in [0, 0.1) is 0 Å². The normalized spacial score (nSPS) is 10.6. The van der Waals surface area contributed by atoms with Crippen molar-refractivity contribution in [2.45, 2.75) is 0 Å². The van der Waals surface area contributed by atoms with Crippen LogP contribution in [0.1, 0.15) is 10.4 Å². The van der Waals surface area contributed by atoms with Crippen LogP contribution in [0.4, 0.5) is 0 Å². The van der Waals surface area contributed by atoms with Crippen molar-refractivity contribution in [3.8, 4) is 0 Å². The summed E-state index contributed by atoms with van der Waals surface area (Å²) in [4.78, 5) is 18.0. The van der Waals surface area contributed by atoms with Gasteiger partial charge >= 0.3 is 0 Å². The van der Waals surface area contributed by atoms with Gasteiger partial charge in [0.2, 0.25) is 0 Å². The maximum absolute atomic E-state index is 11.0. The van der Waals surface area contributed by atoms with Gasteiger partial charge in [-0.1, -0.05) is 6.07 Å². The fraction of sp³-hybridized carbons (Fsp3) is 0. The Balaban J connectivity index is 2.82. The molecule has 5 heteroatoms. The summed E-state index contributed by atoms with van der Waals surface area (Å²) in [5, 5.41) is -0.496. The number of para-hydroxylation sites is 1. The van der Waals surface area contributed by atoms with Crippen LogP contribution < -0.4 is 0 Å². The SMILES string of the molecule is O=C(Cl)c1cccc2[nH]c(Br)nc12. The third kappa shape index (κ3) is 1.47. The fourth-order valence-corrected chi connectivity index (χ4v) is 1.70. The Kier molecular flexibility index (Phi) is 2.09. The summed E-state index contributed by atoms with van der Waals surface area (Å²) in [6.45, 7) is 0. The Morgan fingerprint density at radius 2 is 2.31 bits per heavy atom. The molecule has 1 aromatic carbocycles. The van der Waals surface area contributed by atoms with Gasteiger partial charge in [-0.05, 0) is 39.7 Å². The standard InChI is InChI=1S/C8H4BrClN2O/c9-8-11-5-3-1-2-4(7(10)13)6(5)12-8/h1-3H,(H,11,12). The van der Waals surface area contributed by atoms with E-state index in [4.69, 9.17) is 11.6 Å². The minimum absolute atomic E-state index is 0.418. The summed E-state index contributed by atoms with van der Waals surface area (Å²) in [6.07, 6.45) is 0. The molecule has 0 fully saturated rings. The molecule has 0 radical (unpaired) electrons. The van der Waals surface area contributed by atoms with Crippen molar-refractivity contribution >= 4 is 43.8 Å². The van der Waals surface area contributed by atoms with Crippen LogP contribution in [0.5, 0.6) is 0 Å². The molecule has 0 spiro atoms. The number of nitrogens with zero attached hydrogens (tertiary/aromatic N) is 1. The largest absolute Gasteiger partial charge is 0.332 e. The Hall–Kier alpha value is -0.870. The maximum Gasteiger partial charge on any atom is 0.254 e. The molecule has 2 aromatic rings. The van der Waals surface area contributed by atoms with E-state index in [9.17, 15) is 4.79 Å². The van der Waals surface area contributed by atoms with Gasteiger partial charge in [0.1, 0.15) is 5.52 Å². The number of carbonyl (C=O) groups excluding carboxylic acids is 1. The molecule has 0 aliphatic carbocycles. The van der Waals surface area contributed by atoms with Gasteiger partial charge in [0.25, 0.3) is 5.24 Å². The van der Waals surface area contributed by atoms with Crippen molar-refractivity contribution in [2.75, 3.05) is 0 Å². The highest BCUT2D eigenvalue weighted by Gasteiger charge is 2.09. The van der Waals surface area contributed by atoms with E-state index in [0.717, 1.165) is 5.52 Å². The van der Waals surface area contributed by atoms with Gasteiger partial charge in [-0.25, -0.2) is 4.98 Å². The van der Waals surface area contributed by atoms with Crippen molar-refractivity contribution in [1.29, 1.82) is 0 Å². The van der Waals surface area contributed by atoms with E-state index >= 15 is 0 Å². The van der Waals surface area contributed by atoms with Gasteiger partial charge in [-0.15, -0.1) is 0 Å². The lowest BCUT2D eigenvalue weighted by atomic mass is 10.2. The van der Waals surface area contributed by atoms with Crippen LogP contribution in [-0.2, 0) is 0 Å². The van der Waals surface area contributed by atoms with E-state index < -0.39 is 5.24 Å². The minimum atomic E-state index is -0.496. The van der Waals surface area contributed by atoms with Crippen LogP contribution in [-0.4, -0.2) is 15.2 Å². The third-order valence-electron chi connectivity index (χ3n) is 1.70. The van der Waals surface area contributed by atoms with Crippen LogP contribution in [0.3, 0.4) is 0 Å². The highest BCUT2D eigenvalue weighted by molar-refractivity contribution is 9.10. The molecule has 0 amide bonds. The predicted octanol–water partition coefficient (Wildman–Crippen LogP) is 2.70. The first kappa shape index (κ1) is 8.72. The van der Waals surface area contributed by atoms with E-state index in [0.29, 0.717) is 15.8 Å². The molecular formula is C8H4BrClN2O. The first-order valence-corrected chi connectivity index (χ1v) is 4.69. The van der Waals surface area contributed by atoms with Gasteiger partial charge < -0.3 is 4.98 Å². The number of fused-ring (bicyclic) bond motifs is 1. The van der Waals surface area contributed by atoms with Crippen molar-refractivity contribution in [3.63, 3.8) is 0 Å². The van der Waals surface area contributed by atoms with Gasteiger partial charge in [-0.3, -0.25) is 4.79 Å². The summed E-state index contributed by atoms with van der Waals surface area (Å²) >= 11 is 8.57. The number of imidazole rings is 1. The lowest BCUT2D eigenvalue weighted by Gasteiger charge is -1.93. The zero-order valence-corrected chi connectivity index (χ0v) is 8.69. The summed E-state index contributed by atoms with van der Waals surface area (Å²) in [6, 6.07) is 5.23. The number of nitrogens with one attached hydrogen (secondary N) is 1. The summed E-state index contributed by atoms with van der Waals surface area (Å²) in [5.74, 6) is 0. The van der Waals surface area contributed by atoms with Crippen LogP contribution >= 0.6 is 27.5 Å². The van der Waals surface area contributed by atoms with Gasteiger partial charge in [0, 0.05) is 0 Å². The van der Waals surface area contributed by atoms with E-state index in [1.54, 1.807) is 12.1 Å². The molecule has 0 bridgehead atoms. The predicted molar refractivity (Wildman–Crippen MR) is 54.0 cm³/mol. The zero-order chi connectivity index (χ0) is 9.42. The molecular weight excluding hydrogens is 255 g/mol. The second-order valence-corrected chi connectivity index (χ2v) is 3.60. The number of H-pyrrole nitrogens is 1. The Morgan fingerprint density at radius 1 is 1.54 bits per heavy atom. The van der Waals surface area contributed by atoms with Gasteiger partial charge in [0.05, 0.1) is 11.1 Å². The fourth-order valence-electron chi connectivity index (χ4n) is 1.16. The molecule has 3 nitrogen and oxygen atoms in total. The number of carbonyl (C=O) groups is 1. The molecule has 66 valence electrons. The molecule has 0 unspecified atom stereocenters. The van der Waals surface area contributed by atoms with Crippen molar-refractivity contribution in [3.05, 3.63) is 28.5 Å². The Bertz CT molecular complexity index is 480. The number of rotatable bonds is 1. The summed E-state index contributed by atoms with van der Waals surface area (Å²) in [7, 11) is 0. The smallest absolute Gasteiger partial charge is 0.254 e. The van der Waals surface area contributed by atoms with Gasteiger partial charge in [0.15, 0.2) is 4.73 Å². The first-order valence-electron chi connectivity index (χ1n) is 3.52. The number of aromatic amines is 1. The van der Waals surface area contributed by atoms with Crippen molar-refractivity contribution in [2.24, 2.45) is 0 Å². The second-order valence-electron chi connectivity index (χ2n) is 2.50. The summed E-state index contributed by atoms with van der Waals surface area (Å²) in [5.41, 5.74) is 1.80. The molecule has 0 saturated carbocycles. The minimum Gasteiger partial charge on any atom is -0.332 e. The van der Waals surface area contributed by atoms with E-state index in [1.165, 1.54) is 0 Å². The molecule has 0 aliphatic rings. The zero-order valence-electron chi connectivity index (χ0n) is 6.34. The highest BCUT2D eigenvalue weighted by atomic mass is 79.9. The molecule has 0 saturated heterocycles. The average Bonchev–Trinajstić information content (AvgIpc) is 2.43.